The molecule has 0 heterocycles. The second-order valence-electron chi connectivity index (χ2n) is 5.36. The maximum absolute atomic E-state index is 13.8. The van der Waals surface area contributed by atoms with Gasteiger partial charge in [-0.3, -0.25) is 0 Å². The summed E-state index contributed by atoms with van der Waals surface area (Å²) in [6.07, 6.45) is 3.58. The van der Waals surface area contributed by atoms with E-state index in [0.29, 0.717) is 0 Å². The number of benzene rings is 1. The topological polar surface area (TPSA) is 55.4 Å². The van der Waals surface area contributed by atoms with Gasteiger partial charge in [0.1, 0.15) is 0 Å². The number of halogens is 1. The zero-order valence-corrected chi connectivity index (χ0v) is 12.5. The van der Waals surface area contributed by atoms with Gasteiger partial charge in [-0.05, 0) is 44.9 Å². The van der Waals surface area contributed by atoms with E-state index in [1.165, 1.54) is 12.1 Å². The molecular weight excluding hydrogens is 281 g/mol. The third-order valence-electron chi connectivity index (χ3n) is 3.25. The Bertz CT molecular complexity index is 566. The zero-order valence-electron chi connectivity index (χ0n) is 11.7. The molecule has 1 N–H and O–H groups in total. The van der Waals surface area contributed by atoms with Crippen molar-refractivity contribution >= 4 is 10.0 Å². The van der Waals surface area contributed by atoms with Crippen molar-refractivity contribution in [1.29, 1.82) is 0 Å². The van der Waals surface area contributed by atoms with E-state index in [4.69, 9.17) is 4.74 Å². The van der Waals surface area contributed by atoms with Crippen molar-refractivity contribution in [3.05, 3.63) is 24.0 Å². The van der Waals surface area contributed by atoms with E-state index in [-0.39, 0.29) is 22.8 Å². The average molecular weight is 301 g/mol. The Labute approximate surface area is 119 Å². The molecule has 4 nitrogen and oxygen atoms in total. The second kappa shape index (κ2) is 6.10. The molecule has 1 fully saturated rings. The van der Waals surface area contributed by atoms with Gasteiger partial charge in [-0.25, -0.2) is 17.5 Å². The lowest BCUT2D eigenvalue weighted by atomic mass is 10.3. The number of rotatable bonds is 5. The van der Waals surface area contributed by atoms with Crippen molar-refractivity contribution in [3.8, 4) is 5.75 Å². The van der Waals surface area contributed by atoms with Gasteiger partial charge in [0.05, 0.1) is 11.0 Å². The smallest absolute Gasteiger partial charge is 0.240 e. The van der Waals surface area contributed by atoms with E-state index in [0.717, 1.165) is 31.7 Å². The first kappa shape index (κ1) is 15.3. The summed E-state index contributed by atoms with van der Waals surface area (Å²) in [5, 5.41) is 0. The van der Waals surface area contributed by atoms with Crippen LogP contribution in [0, 0.1) is 5.82 Å². The van der Waals surface area contributed by atoms with Crippen molar-refractivity contribution in [2.24, 2.45) is 0 Å². The fourth-order valence-electron chi connectivity index (χ4n) is 2.33. The molecule has 0 bridgehead atoms. The summed E-state index contributed by atoms with van der Waals surface area (Å²) in [4.78, 5) is -0.0574. The van der Waals surface area contributed by atoms with Crippen molar-refractivity contribution in [1.82, 2.24) is 4.72 Å². The summed E-state index contributed by atoms with van der Waals surface area (Å²) in [6.45, 7) is 3.57. The molecule has 20 heavy (non-hydrogen) atoms. The Morgan fingerprint density at radius 1 is 1.30 bits per heavy atom. The molecule has 0 unspecified atom stereocenters. The van der Waals surface area contributed by atoms with E-state index in [9.17, 15) is 12.8 Å². The van der Waals surface area contributed by atoms with Crippen LogP contribution in [0.1, 0.15) is 39.5 Å². The Balaban J connectivity index is 2.17. The first-order valence-electron chi connectivity index (χ1n) is 6.87. The lowest BCUT2D eigenvalue weighted by molar-refractivity contribution is 0.231. The summed E-state index contributed by atoms with van der Waals surface area (Å²) < 4.78 is 46.0. The molecule has 1 saturated carbocycles. The van der Waals surface area contributed by atoms with Gasteiger partial charge in [0.25, 0.3) is 0 Å². The molecule has 1 aliphatic carbocycles. The van der Waals surface area contributed by atoms with Gasteiger partial charge in [0, 0.05) is 6.04 Å². The van der Waals surface area contributed by atoms with Crippen LogP contribution in [0.5, 0.6) is 5.75 Å². The third kappa shape index (κ3) is 3.70. The van der Waals surface area contributed by atoms with Crippen molar-refractivity contribution < 1.29 is 17.5 Å². The normalized spacial score (nSPS) is 16.8. The van der Waals surface area contributed by atoms with E-state index >= 15 is 0 Å². The van der Waals surface area contributed by atoms with Crippen LogP contribution < -0.4 is 9.46 Å². The summed E-state index contributed by atoms with van der Waals surface area (Å²) in [5.74, 6) is -0.590. The number of sulfonamides is 1. The molecule has 112 valence electrons. The van der Waals surface area contributed by atoms with Crippen LogP contribution >= 0.6 is 0 Å². The molecule has 1 aliphatic rings. The number of nitrogens with one attached hydrogen (secondary N) is 1. The van der Waals surface area contributed by atoms with Gasteiger partial charge in [-0.1, -0.05) is 12.8 Å². The van der Waals surface area contributed by atoms with E-state index < -0.39 is 15.8 Å². The molecule has 0 aromatic heterocycles. The summed E-state index contributed by atoms with van der Waals surface area (Å²) in [7, 11) is -3.66. The SMILES string of the molecule is CC(C)Oc1ccc(S(=O)(=O)NC2CCCC2)cc1F. The first-order chi connectivity index (χ1) is 9.38. The number of hydrogen-bond acceptors (Lipinski definition) is 3. The highest BCUT2D eigenvalue weighted by Crippen LogP contribution is 2.24. The largest absolute Gasteiger partial charge is 0.488 e. The molecule has 2 rings (SSSR count). The van der Waals surface area contributed by atoms with Crippen LogP contribution in [-0.4, -0.2) is 20.6 Å². The minimum Gasteiger partial charge on any atom is -0.488 e. The van der Waals surface area contributed by atoms with Crippen molar-refractivity contribution in [2.45, 2.75) is 56.6 Å². The van der Waals surface area contributed by atoms with Crippen LogP contribution in [0.15, 0.2) is 23.1 Å². The highest BCUT2D eigenvalue weighted by Gasteiger charge is 2.23. The molecule has 0 radical (unpaired) electrons. The standard InChI is InChI=1S/C14H20FNO3S/c1-10(2)19-14-8-7-12(9-13(14)15)20(17,18)16-11-5-3-4-6-11/h7-11,16H,3-6H2,1-2H3. The zero-order chi connectivity index (χ0) is 14.8. The van der Waals surface area contributed by atoms with Crippen molar-refractivity contribution in [3.63, 3.8) is 0 Å². The highest BCUT2D eigenvalue weighted by atomic mass is 32.2. The van der Waals surface area contributed by atoms with Gasteiger partial charge >= 0.3 is 0 Å². The first-order valence-corrected chi connectivity index (χ1v) is 8.35. The monoisotopic (exact) mass is 301 g/mol. The molecule has 0 atom stereocenters. The molecule has 0 amide bonds. The van der Waals surface area contributed by atoms with Crippen LogP contribution in [-0.2, 0) is 10.0 Å². The Morgan fingerprint density at radius 3 is 2.50 bits per heavy atom. The minimum atomic E-state index is -3.66. The predicted molar refractivity (Wildman–Crippen MR) is 74.7 cm³/mol. The fraction of sp³-hybridized carbons (Fsp3) is 0.571. The Kier molecular flexibility index (Phi) is 4.65. The predicted octanol–water partition coefficient (Wildman–Crippen LogP) is 2.83. The lowest BCUT2D eigenvalue weighted by Crippen LogP contribution is -2.32. The second-order valence-corrected chi connectivity index (χ2v) is 7.08. The molecule has 0 spiro atoms. The fourth-order valence-corrected chi connectivity index (χ4v) is 3.65. The van der Waals surface area contributed by atoms with Gasteiger partial charge in [-0.15, -0.1) is 0 Å². The van der Waals surface area contributed by atoms with E-state index in [1.54, 1.807) is 13.8 Å². The highest BCUT2D eigenvalue weighted by molar-refractivity contribution is 7.89. The summed E-state index contributed by atoms with van der Waals surface area (Å²) in [5.41, 5.74) is 0. The van der Waals surface area contributed by atoms with Gasteiger partial charge in [-0.2, -0.15) is 0 Å². The molecule has 0 saturated heterocycles. The van der Waals surface area contributed by atoms with Crippen LogP contribution in [0.25, 0.3) is 0 Å². The maximum Gasteiger partial charge on any atom is 0.240 e. The molecule has 0 aliphatic heterocycles. The third-order valence-corrected chi connectivity index (χ3v) is 4.77. The van der Waals surface area contributed by atoms with Gasteiger partial charge in [0.15, 0.2) is 11.6 Å². The quantitative estimate of drug-likeness (QED) is 0.910. The van der Waals surface area contributed by atoms with Crippen LogP contribution in [0.2, 0.25) is 0 Å². The Morgan fingerprint density at radius 2 is 1.95 bits per heavy atom. The van der Waals surface area contributed by atoms with Gasteiger partial charge < -0.3 is 4.74 Å². The van der Waals surface area contributed by atoms with Crippen LogP contribution in [0.3, 0.4) is 0 Å². The lowest BCUT2D eigenvalue weighted by Gasteiger charge is -2.14. The van der Waals surface area contributed by atoms with Crippen molar-refractivity contribution in [2.75, 3.05) is 0 Å². The van der Waals surface area contributed by atoms with E-state index in [2.05, 4.69) is 4.72 Å². The Hall–Kier alpha value is -1.14. The average Bonchev–Trinajstić information content (AvgIpc) is 2.83. The van der Waals surface area contributed by atoms with Gasteiger partial charge in [0.2, 0.25) is 10.0 Å². The summed E-state index contributed by atoms with van der Waals surface area (Å²) >= 11 is 0. The summed E-state index contributed by atoms with van der Waals surface area (Å²) in [6, 6.07) is 3.71. The molecule has 1 aromatic carbocycles. The van der Waals surface area contributed by atoms with E-state index in [1.807, 2.05) is 0 Å². The van der Waals surface area contributed by atoms with Crippen LogP contribution in [0.4, 0.5) is 4.39 Å². The number of hydrogen-bond donors (Lipinski definition) is 1. The minimum absolute atomic E-state index is 0.0327. The maximum atomic E-state index is 13.8. The molecule has 1 aromatic rings. The molecule has 6 heteroatoms. The molecular formula is C14H20FNO3S. The number of ether oxygens (including phenoxy) is 1.